The number of rotatable bonds is 4. The Labute approximate surface area is 125 Å². The Morgan fingerprint density at radius 3 is 2.40 bits per heavy atom. The van der Waals surface area contributed by atoms with E-state index >= 15 is 0 Å². The average molecular weight is 280 g/mol. The summed E-state index contributed by atoms with van der Waals surface area (Å²) in [5.41, 5.74) is 6.32. The number of hydrogen-bond donors (Lipinski definition) is 0. The molecule has 0 radical (unpaired) electrons. The van der Waals surface area contributed by atoms with Crippen LogP contribution < -0.4 is 0 Å². The summed E-state index contributed by atoms with van der Waals surface area (Å²) < 4.78 is 0. The van der Waals surface area contributed by atoms with Gasteiger partial charge in [0.2, 0.25) is 0 Å². The normalized spacial score (nSPS) is 11.6. The van der Waals surface area contributed by atoms with Crippen LogP contribution in [0.2, 0.25) is 0 Å². The molecule has 1 heterocycles. The zero-order chi connectivity index (χ0) is 14.5. The quantitative estimate of drug-likeness (QED) is 0.605. The molecule has 0 nitrogen and oxygen atoms in total. The molecule has 0 aliphatic carbocycles. The molecule has 1 aromatic carbocycles. The van der Waals surface area contributed by atoms with Crippen LogP contribution in [0.3, 0.4) is 0 Å². The first-order valence-corrected chi connectivity index (χ1v) is 7.70. The molecule has 0 saturated carbocycles. The van der Waals surface area contributed by atoms with Gasteiger partial charge in [0.25, 0.3) is 0 Å². The molecule has 0 saturated heterocycles. The van der Waals surface area contributed by atoms with E-state index in [1.165, 1.54) is 32.7 Å². The van der Waals surface area contributed by atoms with Gasteiger partial charge in [-0.3, -0.25) is 0 Å². The van der Waals surface area contributed by atoms with Crippen LogP contribution in [0, 0.1) is 6.92 Å². The molecule has 0 bridgehead atoms. The fourth-order valence-corrected chi connectivity index (χ4v) is 3.28. The van der Waals surface area contributed by atoms with Crippen LogP contribution in [0.25, 0.3) is 28.7 Å². The SMILES string of the molecule is C=Cc1c(/C=C\C)cc(C)c(/C=C\C)c1-c1cccs1. The maximum atomic E-state index is 4.02. The summed E-state index contributed by atoms with van der Waals surface area (Å²) in [6.07, 6.45) is 10.5. The van der Waals surface area contributed by atoms with E-state index in [0.717, 1.165) is 0 Å². The summed E-state index contributed by atoms with van der Waals surface area (Å²) in [6.45, 7) is 10.3. The topological polar surface area (TPSA) is 0 Å². The number of benzene rings is 1. The Morgan fingerprint density at radius 2 is 1.85 bits per heavy atom. The molecular weight excluding hydrogens is 260 g/mol. The minimum absolute atomic E-state index is 1.21. The highest BCUT2D eigenvalue weighted by molar-refractivity contribution is 7.13. The third-order valence-electron chi connectivity index (χ3n) is 3.30. The van der Waals surface area contributed by atoms with E-state index in [1.807, 2.05) is 13.0 Å². The van der Waals surface area contributed by atoms with Gasteiger partial charge in [-0.25, -0.2) is 0 Å². The van der Waals surface area contributed by atoms with Crippen molar-refractivity contribution < 1.29 is 0 Å². The molecule has 0 N–H and O–H groups in total. The fraction of sp³-hybridized carbons (Fsp3) is 0.158. The minimum atomic E-state index is 1.21. The molecule has 1 aromatic heterocycles. The molecule has 0 fully saturated rings. The van der Waals surface area contributed by atoms with Gasteiger partial charge < -0.3 is 0 Å². The zero-order valence-electron chi connectivity index (χ0n) is 12.3. The van der Waals surface area contributed by atoms with Crippen LogP contribution in [-0.2, 0) is 0 Å². The first kappa shape index (κ1) is 14.5. The number of allylic oxidation sites excluding steroid dienone is 2. The second-order valence-corrected chi connectivity index (χ2v) is 5.61. The van der Waals surface area contributed by atoms with Gasteiger partial charge in [0, 0.05) is 10.4 Å². The average Bonchev–Trinajstić information content (AvgIpc) is 2.95. The van der Waals surface area contributed by atoms with E-state index in [0.29, 0.717) is 0 Å². The summed E-state index contributed by atoms with van der Waals surface area (Å²) in [5, 5.41) is 2.12. The molecule has 0 amide bonds. The second kappa shape index (κ2) is 6.53. The number of aryl methyl sites for hydroxylation is 1. The first-order chi connectivity index (χ1) is 9.72. The molecule has 1 heteroatoms. The van der Waals surface area contributed by atoms with Crippen LogP contribution in [-0.4, -0.2) is 0 Å². The van der Waals surface area contributed by atoms with Gasteiger partial charge in [-0.15, -0.1) is 11.3 Å². The van der Waals surface area contributed by atoms with Crippen LogP contribution in [0.1, 0.15) is 36.1 Å². The smallest absolute Gasteiger partial charge is 0.0355 e. The molecule has 20 heavy (non-hydrogen) atoms. The molecule has 0 unspecified atom stereocenters. The molecule has 102 valence electrons. The van der Waals surface area contributed by atoms with E-state index in [2.05, 4.69) is 68.3 Å². The third-order valence-corrected chi connectivity index (χ3v) is 4.19. The van der Waals surface area contributed by atoms with Gasteiger partial charge in [-0.05, 0) is 54.5 Å². The molecular formula is C19H20S. The Bertz CT molecular complexity index is 656. The Hall–Kier alpha value is -1.86. The molecule has 0 aliphatic rings. The lowest BCUT2D eigenvalue weighted by Gasteiger charge is -2.15. The van der Waals surface area contributed by atoms with Crippen LogP contribution in [0.15, 0.2) is 42.3 Å². The lowest BCUT2D eigenvalue weighted by molar-refractivity contribution is 1.42. The summed E-state index contributed by atoms with van der Waals surface area (Å²) in [5.74, 6) is 0. The standard InChI is InChI=1S/C19H20S/c1-5-9-15-13-14(4)17(10-6-2)19(16(15)7-3)18-11-8-12-20-18/h5-13H,3H2,1-2,4H3/b9-5-,10-6-. The maximum Gasteiger partial charge on any atom is 0.0355 e. The second-order valence-electron chi connectivity index (χ2n) is 4.67. The summed E-state index contributed by atoms with van der Waals surface area (Å²) in [4.78, 5) is 1.29. The summed E-state index contributed by atoms with van der Waals surface area (Å²) in [6, 6.07) is 6.52. The predicted octanol–water partition coefficient (Wildman–Crippen LogP) is 6.43. The molecule has 2 aromatic rings. The van der Waals surface area contributed by atoms with Crippen LogP contribution in [0.5, 0.6) is 0 Å². The van der Waals surface area contributed by atoms with E-state index in [9.17, 15) is 0 Å². The Kier molecular flexibility index (Phi) is 4.75. The summed E-state index contributed by atoms with van der Waals surface area (Å²) >= 11 is 1.78. The predicted molar refractivity (Wildman–Crippen MR) is 94.0 cm³/mol. The Balaban J connectivity index is 2.87. The zero-order valence-corrected chi connectivity index (χ0v) is 13.1. The van der Waals surface area contributed by atoms with Crippen LogP contribution in [0.4, 0.5) is 0 Å². The molecule has 2 rings (SSSR count). The van der Waals surface area contributed by atoms with Gasteiger partial charge in [0.1, 0.15) is 0 Å². The van der Waals surface area contributed by atoms with Gasteiger partial charge in [-0.1, -0.05) is 49.1 Å². The van der Waals surface area contributed by atoms with Gasteiger partial charge in [0.05, 0.1) is 0 Å². The molecule has 0 aliphatic heterocycles. The van der Waals surface area contributed by atoms with E-state index in [4.69, 9.17) is 0 Å². The van der Waals surface area contributed by atoms with Crippen molar-refractivity contribution in [1.29, 1.82) is 0 Å². The number of hydrogen-bond acceptors (Lipinski definition) is 1. The molecule has 0 spiro atoms. The summed E-state index contributed by atoms with van der Waals surface area (Å²) in [7, 11) is 0. The lowest BCUT2D eigenvalue weighted by atomic mass is 9.90. The number of thiophene rings is 1. The van der Waals surface area contributed by atoms with Crippen molar-refractivity contribution in [3.05, 3.63) is 64.6 Å². The minimum Gasteiger partial charge on any atom is -0.144 e. The van der Waals surface area contributed by atoms with Gasteiger partial charge in [0.15, 0.2) is 0 Å². The highest BCUT2D eigenvalue weighted by atomic mass is 32.1. The maximum absolute atomic E-state index is 4.02. The first-order valence-electron chi connectivity index (χ1n) is 6.82. The van der Waals surface area contributed by atoms with E-state index in [1.54, 1.807) is 11.3 Å². The van der Waals surface area contributed by atoms with Crippen molar-refractivity contribution in [2.45, 2.75) is 20.8 Å². The van der Waals surface area contributed by atoms with E-state index < -0.39 is 0 Å². The van der Waals surface area contributed by atoms with Crippen molar-refractivity contribution in [3.8, 4) is 10.4 Å². The monoisotopic (exact) mass is 280 g/mol. The van der Waals surface area contributed by atoms with Gasteiger partial charge in [-0.2, -0.15) is 0 Å². The largest absolute Gasteiger partial charge is 0.144 e. The highest BCUT2D eigenvalue weighted by Gasteiger charge is 2.14. The van der Waals surface area contributed by atoms with Gasteiger partial charge >= 0.3 is 0 Å². The lowest BCUT2D eigenvalue weighted by Crippen LogP contribution is -1.94. The van der Waals surface area contributed by atoms with Crippen molar-refractivity contribution in [3.63, 3.8) is 0 Å². The molecule has 0 atom stereocenters. The van der Waals surface area contributed by atoms with Crippen molar-refractivity contribution in [1.82, 2.24) is 0 Å². The van der Waals surface area contributed by atoms with Crippen molar-refractivity contribution in [2.24, 2.45) is 0 Å². The third kappa shape index (κ3) is 2.68. The van der Waals surface area contributed by atoms with E-state index in [-0.39, 0.29) is 0 Å². The highest BCUT2D eigenvalue weighted by Crippen LogP contribution is 2.37. The fourth-order valence-electron chi connectivity index (χ4n) is 2.48. The van der Waals surface area contributed by atoms with Crippen molar-refractivity contribution >= 4 is 29.6 Å². The van der Waals surface area contributed by atoms with Crippen LogP contribution >= 0.6 is 11.3 Å². The van der Waals surface area contributed by atoms with Crippen molar-refractivity contribution in [2.75, 3.05) is 0 Å². The Morgan fingerprint density at radius 1 is 1.10 bits per heavy atom.